The highest BCUT2D eigenvalue weighted by Crippen LogP contribution is 2.52. The Bertz CT molecular complexity index is 477. The summed E-state index contributed by atoms with van der Waals surface area (Å²) in [5, 5.41) is 0.240. The minimum atomic E-state index is -0.913. The Labute approximate surface area is 110 Å². The van der Waals surface area contributed by atoms with E-state index in [0.29, 0.717) is 17.4 Å². The number of hydrogen-bond acceptors (Lipinski definition) is 1. The van der Waals surface area contributed by atoms with E-state index >= 15 is 0 Å². The quantitative estimate of drug-likeness (QED) is 0.807. The molecule has 2 N–H and O–H groups in total. The fourth-order valence-corrected chi connectivity index (χ4v) is 4.03. The molecule has 98 valence electrons. The predicted octanol–water partition coefficient (Wildman–Crippen LogP) is 4.05. The van der Waals surface area contributed by atoms with Crippen LogP contribution in [0.4, 0.5) is 8.78 Å². The van der Waals surface area contributed by atoms with Crippen molar-refractivity contribution in [2.45, 2.75) is 31.7 Å². The molecule has 18 heavy (non-hydrogen) atoms. The zero-order chi connectivity index (χ0) is 12.9. The van der Waals surface area contributed by atoms with Gasteiger partial charge in [0.15, 0.2) is 11.6 Å². The van der Waals surface area contributed by atoms with Gasteiger partial charge in [0.2, 0.25) is 0 Å². The van der Waals surface area contributed by atoms with E-state index in [1.807, 2.05) is 0 Å². The SMILES string of the molecule is NC(c1cc(F)c(F)cc1Cl)C1CC2CCC1C2. The molecule has 1 aromatic rings. The average Bonchev–Trinajstić information content (AvgIpc) is 2.95. The summed E-state index contributed by atoms with van der Waals surface area (Å²) < 4.78 is 26.4. The average molecular weight is 272 g/mol. The summed E-state index contributed by atoms with van der Waals surface area (Å²) in [5.74, 6) is -0.00712. The van der Waals surface area contributed by atoms with E-state index in [9.17, 15) is 8.78 Å². The summed E-state index contributed by atoms with van der Waals surface area (Å²) in [5.41, 5.74) is 6.78. The molecule has 1 aromatic carbocycles. The number of hydrogen-bond donors (Lipinski definition) is 1. The van der Waals surface area contributed by atoms with Crippen LogP contribution >= 0.6 is 11.6 Å². The molecule has 2 bridgehead atoms. The van der Waals surface area contributed by atoms with Crippen LogP contribution in [0.15, 0.2) is 12.1 Å². The van der Waals surface area contributed by atoms with Crippen molar-refractivity contribution in [2.75, 3.05) is 0 Å². The van der Waals surface area contributed by atoms with Gasteiger partial charge in [-0.05, 0) is 54.7 Å². The molecule has 2 aliphatic carbocycles. The number of halogens is 3. The van der Waals surface area contributed by atoms with Crippen molar-refractivity contribution in [1.29, 1.82) is 0 Å². The molecule has 0 aliphatic heterocycles. The summed E-state index contributed by atoms with van der Waals surface area (Å²) >= 11 is 5.99. The molecule has 2 fully saturated rings. The van der Waals surface area contributed by atoms with Gasteiger partial charge in [-0.15, -0.1) is 0 Å². The van der Waals surface area contributed by atoms with Gasteiger partial charge >= 0.3 is 0 Å². The summed E-state index contributed by atoms with van der Waals surface area (Å²) in [6.45, 7) is 0. The predicted molar refractivity (Wildman–Crippen MR) is 67.2 cm³/mol. The minimum absolute atomic E-state index is 0.240. The highest BCUT2D eigenvalue weighted by molar-refractivity contribution is 6.31. The molecule has 0 amide bonds. The molecule has 0 aromatic heterocycles. The smallest absolute Gasteiger partial charge is 0.160 e. The fourth-order valence-electron chi connectivity index (χ4n) is 3.76. The van der Waals surface area contributed by atoms with Crippen LogP contribution in [-0.2, 0) is 0 Å². The first-order valence-electron chi connectivity index (χ1n) is 6.46. The summed E-state index contributed by atoms with van der Waals surface area (Å²) in [6, 6.07) is 1.91. The topological polar surface area (TPSA) is 26.0 Å². The van der Waals surface area contributed by atoms with Gasteiger partial charge in [0.1, 0.15) is 0 Å². The molecule has 2 aliphatic rings. The Kier molecular flexibility index (Phi) is 3.07. The van der Waals surface area contributed by atoms with Crippen molar-refractivity contribution < 1.29 is 8.78 Å². The van der Waals surface area contributed by atoms with Crippen LogP contribution in [0.5, 0.6) is 0 Å². The van der Waals surface area contributed by atoms with Crippen molar-refractivity contribution in [3.05, 3.63) is 34.4 Å². The molecule has 0 spiro atoms. The second kappa shape index (κ2) is 4.46. The van der Waals surface area contributed by atoms with E-state index in [1.165, 1.54) is 19.3 Å². The zero-order valence-electron chi connectivity index (χ0n) is 10.0. The second-order valence-corrected chi connectivity index (χ2v) is 6.06. The Morgan fingerprint density at radius 3 is 2.50 bits per heavy atom. The van der Waals surface area contributed by atoms with Gasteiger partial charge in [-0.2, -0.15) is 0 Å². The second-order valence-electron chi connectivity index (χ2n) is 5.65. The Morgan fingerprint density at radius 2 is 1.89 bits per heavy atom. The van der Waals surface area contributed by atoms with Gasteiger partial charge in [-0.3, -0.25) is 0 Å². The Balaban J connectivity index is 1.88. The zero-order valence-corrected chi connectivity index (χ0v) is 10.8. The number of fused-ring (bicyclic) bond motifs is 2. The van der Waals surface area contributed by atoms with Crippen LogP contribution in [0.3, 0.4) is 0 Å². The molecular formula is C14H16ClF2N. The summed E-state index contributed by atoms with van der Waals surface area (Å²) in [6.07, 6.45) is 4.84. The van der Waals surface area contributed by atoms with E-state index < -0.39 is 11.6 Å². The van der Waals surface area contributed by atoms with Crippen molar-refractivity contribution in [3.63, 3.8) is 0 Å². The van der Waals surface area contributed by atoms with Crippen molar-refractivity contribution >= 4 is 11.6 Å². The maximum atomic E-state index is 13.3. The molecule has 0 heterocycles. The normalized spacial score (nSPS) is 31.9. The maximum absolute atomic E-state index is 13.3. The molecule has 4 unspecified atom stereocenters. The molecular weight excluding hydrogens is 256 g/mol. The van der Waals surface area contributed by atoms with Crippen molar-refractivity contribution in [2.24, 2.45) is 23.5 Å². The van der Waals surface area contributed by atoms with Crippen molar-refractivity contribution in [3.8, 4) is 0 Å². The van der Waals surface area contributed by atoms with E-state index in [2.05, 4.69) is 0 Å². The third kappa shape index (κ3) is 1.94. The summed E-state index contributed by atoms with van der Waals surface area (Å²) in [4.78, 5) is 0. The van der Waals surface area contributed by atoms with Gasteiger partial charge < -0.3 is 5.73 Å². The molecule has 0 radical (unpaired) electrons. The first kappa shape index (κ1) is 12.4. The van der Waals surface area contributed by atoms with Crippen LogP contribution in [0.1, 0.15) is 37.3 Å². The third-order valence-electron chi connectivity index (χ3n) is 4.65. The lowest BCUT2D eigenvalue weighted by molar-refractivity contribution is 0.284. The lowest BCUT2D eigenvalue weighted by Gasteiger charge is -2.28. The maximum Gasteiger partial charge on any atom is 0.160 e. The highest BCUT2D eigenvalue weighted by atomic mass is 35.5. The number of rotatable bonds is 2. The molecule has 0 saturated heterocycles. The Morgan fingerprint density at radius 1 is 1.17 bits per heavy atom. The van der Waals surface area contributed by atoms with Crippen LogP contribution in [0.2, 0.25) is 5.02 Å². The highest BCUT2D eigenvalue weighted by Gasteiger charge is 2.42. The minimum Gasteiger partial charge on any atom is -0.324 e. The monoisotopic (exact) mass is 271 g/mol. The fraction of sp³-hybridized carbons (Fsp3) is 0.571. The van der Waals surface area contributed by atoms with Gasteiger partial charge in [0.05, 0.1) is 0 Å². The van der Waals surface area contributed by atoms with Gasteiger partial charge in [0, 0.05) is 11.1 Å². The van der Waals surface area contributed by atoms with E-state index in [0.717, 1.165) is 24.5 Å². The van der Waals surface area contributed by atoms with E-state index in [-0.39, 0.29) is 11.1 Å². The van der Waals surface area contributed by atoms with Crippen LogP contribution in [0, 0.1) is 29.4 Å². The van der Waals surface area contributed by atoms with Crippen LogP contribution in [0.25, 0.3) is 0 Å². The lowest BCUT2D eigenvalue weighted by atomic mass is 9.81. The van der Waals surface area contributed by atoms with Gasteiger partial charge in [0.25, 0.3) is 0 Å². The largest absolute Gasteiger partial charge is 0.324 e. The van der Waals surface area contributed by atoms with E-state index in [4.69, 9.17) is 17.3 Å². The molecule has 4 heteroatoms. The molecule has 4 atom stereocenters. The molecule has 2 saturated carbocycles. The summed E-state index contributed by atoms with van der Waals surface area (Å²) in [7, 11) is 0. The number of benzene rings is 1. The molecule has 1 nitrogen and oxygen atoms in total. The van der Waals surface area contributed by atoms with Crippen LogP contribution in [-0.4, -0.2) is 0 Å². The standard InChI is InChI=1S/C14H16ClF2N/c15-11-6-13(17)12(16)5-10(11)14(18)9-4-7-1-2-8(9)3-7/h5-9,14H,1-4,18H2. The van der Waals surface area contributed by atoms with E-state index in [1.54, 1.807) is 0 Å². The first-order valence-corrected chi connectivity index (χ1v) is 6.84. The number of nitrogens with two attached hydrogens (primary N) is 1. The third-order valence-corrected chi connectivity index (χ3v) is 4.98. The van der Waals surface area contributed by atoms with Crippen molar-refractivity contribution in [1.82, 2.24) is 0 Å². The van der Waals surface area contributed by atoms with Crippen LogP contribution < -0.4 is 5.73 Å². The van der Waals surface area contributed by atoms with Gasteiger partial charge in [-0.25, -0.2) is 8.78 Å². The first-order chi connectivity index (χ1) is 8.56. The molecule has 3 rings (SSSR count). The Hall–Kier alpha value is -0.670. The van der Waals surface area contributed by atoms with Gasteiger partial charge in [-0.1, -0.05) is 18.0 Å². The lowest BCUT2D eigenvalue weighted by Crippen LogP contribution is -2.26.